The van der Waals surface area contributed by atoms with Crippen molar-refractivity contribution >= 4 is 15.9 Å². The van der Waals surface area contributed by atoms with Crippen LogP contribution in [-0.2, 0) is 14.8 Å². The van der Waals surface area contributed by atoms with Gasteiger partial charge in [-0.25, -0.2) is 8.42 Å². The molecule has 8 heteroatoms. The molecule has 1 aliphatic rings. The molecule has 1 fully saturated rings. The van der Waals surface area contributed by atoms with E-state index in [1.807, 2.05) is 0 Å². The molecule has 0 saturated carbocycles. The van der Waals surface area contributed by atoms with E-state index in [-0.39, 0.29) is 36.9 Å². The molecule has 1 aromatic rings. The Hall–Kier alpha value is -1.67. The van der Waals surface area contributed by atoms with Crippen LogP contribution in [0.25, 0.3) is 0 Å². The van der Waals surface area contributed by atoms with Crippen molar-refractivity contribution in [3.8, 4) is 0 Å². The molecule has 2 heterocycles. The molecule has 7 nitrogen and oxygen atoms in total. The second-order valence-electron chi connectivity index (χ2n) is 3.88. The average molecular weight is 271 g/mol. The molecule has 0 unspecified atom stereocenters. The largest absolute Gasteiger partial charge is 0.366 e. The normalized spacial score (nSPS) is 18.1. The lowest BCUT2D eigenvalue weighted by Crippen LogP contribution is -2.36. The SMILES string of the molecule is O=C1CCN(S(=O)(=O)c2c[nH]ccc2=O)CCN1. The summed E-state index contributed by atoms with van der Waals surface area (Å²) in [6.07, 6.45) is 2.64. The van der Waals surface area contributed by atoms with Crippen molar-refractivity contribution in [2.75, 3.05) is 19.6 Å². The highest BCUT2D eigenvalue weighted by atomic mass is 32.2. The molecule has 0 aliphatic carbocycles. The van der Waals surface area contributed by atoms with Crippen LogP contribution in [0.2, 0.25) is 0 Å². The van der Waals surface area contributed by atoms with E-state index in [1.54, 1.807) is 0 Å². The summed E-state index contributed by atoms with van der Waals surface area (Å²) in [5.41, 5.74) is -0.558. The lowest BCUT2D eigenvalue weighted by atomic mass is 10.4. The summed E-state index contributed by atoms with van der Waals surface area (Å²) in [5.74, 6) is -0.185. The Bertz CT molecular complexity index is 608. The highest BCUT2D eigenvalue weighted by Crippen LogP contribution is 2.12. The highest BCUT2D eigenvalue weighted by molar-refractivity contribution is 7.89. The molecule has 1 amide bonds. The number of nitrogens with one attached hydrogen (secondary N) is 2. The molecule has 18 heavy (non-hydrogen) atoms. The summed E-state index contributed by atoms with van der Waals surface area (Å²) in [6, 6.07) is 1.16. The number of aromatic nitrogens is 1. The minimum atomic E-state index is -3.84. The van der Waals surface area contributed by atoms with Gasteiger partial charge in [0.15, 0.2) is 0 Å². The van der Waals surface area contributed by atoms with Crippen molar-refractivity contribution in [3.05, 3.63) is 28.7 Å². The van der Waals surface area contributed by atoms with Gasteiger partial charge in [0.25, 0.3) is 0 Å². The van der Waals surface area contributed by atoms with E-state index >= 15 is 0 Å². The number of amides is 1. The number of hydrogen-bond donors (Lipinski definition) is 2. The third kappa shape index (κ3) is 2.44. The van der Waals surface area contributed by atoms with Crippen LogP contribution in [-0.4, -0.2) is 43.2 Å². The number of pyridine rings is 1. The maximum atomic E-state index is 12.2. The molecule has 0 aromatic carbocycles. The van der Waals surface area contributed by atoms with E-state index in [0.29, 0.717) is 0 Å². The lowest BCUT2D eigenvalue weighted by molar-refractivity contribution is -0.120. The van der Waals surface area contributed by atoms with Gasteiger partial charge in [-0.05, 0) is 0 Å². The van der Waals surface area contributed by atoms with E-state index in [1.165, 1.54) is 6.20 Å². The van der Waals surface area contributed by atoms with Gasteiger partial charge in [0, 0.05) is 44.5 Å². The molecule has 0 atom stereocenters. The molecule has 2 N–H and O–H groups in total. The maximum absolute atomic E-state index is 12.2. The number of aromatic amines is 1. The monoisotopic (exact) mass is 271 g/mol. The maximum Gasteiger partial charge on any atom is 0.248 e. The van der Waals surface area contributed by atoms with Crippen LogP contribution in [0.4, 0.5) is 0 Å². The van der Waals surface area contributed by atoms with Gasteiger partial charge in [-0.3, -0.25) is 9.59 Å². The lowest BCUT2D eigenvalue weighted by Gasteiger charge is -2.18. The molecule has 0 spiro atoms. The third-order valence-electron chi connectivity index (χ3n) is 2.68. The summed E-state index contributed by atoms with van der Waals surface area (Å²) < 4.78 is 25.6. The summed E-state index contributed by atoms with van der Waals surface area (Å²) in [4.78, 5) is 25.0. The van der Waals surface area contributed by atoms with Gasteiger partial charge in [-0.1, -0.05) is 0 Å². The number of rotatable bonds is 2. The quantitative estimate of drug-likeness (QED) is 0.712. The van der Waals surface area contributed by atoms with Crippen molar-refractivity contribution in [2.24, 2.45) is 0 Å². The van der Waals surface area contributed by atoms with Gasteiger partial charge in [0.1, 0.15) is 4.90 Å². The summed E-state index contributed by atoms with van der Waals surface area (Å²) in [7, 11) is -3.84. The Balaban J connectivity index is 2.34. The predicted octanol–water partition coefficient (Wildman–Crippen LogP) is -1.11. The molecule has 1 aliphatic heterocycles. The van der Waals surface area contributed by atoms with Crippen molar-refractivity contribution < 1.29 is 13.2 Å². The molecule has 1 saturated heterocycles. The Kier molecular flexibility index (Phi) is 3.48. The Morgan fingerprint density at radius 3 is 2.72 bits per heavy atom. The van der Waals surface area contributed by atoms with Crippen LogP contribution in [0.5, 0.6) is 0 Å². The van der Waals surface area contributed by atoms with E-state index < -0.39 is 15.5 Å². The first-order chi connectivity index (χ1) is 8.51. The molecule has 0 bridgehead atoms. The summed E-state index contributed by atoms with van der Waals surface area (Å²) in [5, 5.41) is 2.58. The molecule has 2 rings (SSSR count). The smallest absolute Gasteiger partial charge is 0.248 e. The van der Waals surface area contributed by atoms with Gasteiger partial charge in [0.05, 0.1) is 0 Å². The van der Waals surface area contributed by atoms with Crippen molar-refractivity contribution in [2.45, 2.75) is 11.3 Å². The Morgan fingerprint density at radius 2 is 2.00 bits per heavy atom. The van der Waals surface area contributed by atoms with E-state index in [0.717, 1.165) is 16.6 Å². The van der Waals surface area contributed by atoms with Gasteiger partial charge < -0.3 is 10.3 Å². The molecule has 98 valence electrons. The second-order valence-corrected chi connectivity index (χ2v) is 5.78. The van der Waals surface area contributed by atoms with Gasteiger partial charge in [0.2, 0.25) is 21.4 Å². The van der Waals surface area contributed by atoms with Gasteiger partial charge >= 0.3 is 0 Å². The summed E-state index contributed by atoms with van der Waals surface area (Å²) in [6.45, 7) is 0.508. The van der Waals surface area contributed by atoms with Crippen LogP contribution >= 0.6 is 0 Å². The minimum Gasteiger partial charge on any atom is -0.366 e. The highest BCUT2D eigenvalue weighted by Gasteiger charge is 2.28. The number of nitrogens with zero attached hydrogens (tertiary/aromatic N) is 1. The average Bonchev–Trinajstić information content (AvgIpc) is 2.54. The van der Waals surface area contributed by atoms with Gasteiger partial charge in [-0.2, -0.15) is 4.31 Å². The fraction of sp³-hybridized carbons (Fsp3) is 0.400. The zero-order chi connectivity index (χ0) is 13.2. The first-order valence-electron chi connectivity index (χ1n) is 5.46. The molecule has 1 aromatic heterocycles. The van der Waals surface area contributed by atoms with Crippen LogP contribution in [0.15, 0.2) is 28.2 Å². The number of sulfonamides is 1. The Labute approximate surface area is 104 Å². The predicted molar refractivity (Wildman–Crippen MR) is 63.4 cm³/mol. The molecule has 0 radical (unpaired) electrons. The zero-order valence-corrected chi connectivity index (χ0v) is 10.4. The van der Waals surface area contributed by atoms with Gasteiger partial charge in [-0.15, -0.1) is 0 Å². The van der Waals surface area contributed by atoms with E-state index in [4.69, 9.17) is 0 Å². The first-order valence-corrected chi connectivity index (χ1v) is 6.90. The zero-order valence-electron chi connectivity index (χ0n) is 9.55. The number of hydrogen-bond acceptors (Lipinski definition) is 4. The van der Waals surface area contributed by atoms with Crippen molar-refractivity contribution in [3.63, 3.8) is 0 Å². The fourth-order valence-electron chi connectivity index (χ4n) is 1.73. The number of H-pyrrole nitrogens is 1. The topological polar surface area (TPSA) is 99.3 Å². The minimum absolute atomic E-state index is 0.0858. The molecular formula is C10H13N3O4S. The van der Waals surface area contributed by atoms with Crippen LogP contribution in [0.3, 0.4) is 0 Å². The summed E-state index contributed by atoms with van der Waals surface area (Å²) >= 11 is 0. The van der Waals surface area contributed by atoms with Crippen molar-refractivity contribution in [1.29, 1.82) is 0 Å². The number of carbonyl (C=O) groups excluding carboxylic acids is 1. The van der Waals surface area contributed by atoms with Crippen LogP contribution in [0.1, 0.15) is 6.42 Å². The van der Waals surface area contributed by atoms with E-state index in [9.17, 15) is 18.0 Å². The third-order valence-corrected chi connectivity index (χ3v) is 4.60. The van der Waals surface area contributed by atoms with Crippen LogP contribution < -0.4 is 10.7 Å². The standard InChI is InChI=1S/C10H13N3O4S/c14-8-1-3-11-7-9(8)18(16,17)13-5-2-10(15)12-4-6-13/h1,3,7H,2,4-6H2,(H,11,14)(H,12,15). The van der Waals surface area contributed by atoms with Crippen molar-refractivity contribution in [1.82, 2.24) is 14.6 Å². The molecular weight excluding hydrogens is 258 g/mol. The first kappa shape index (κ1) is 12.8. The second kappa shape index (κ2) is 4.91. The van der Waals surface area contributed by atoms with E-state index in [2.05, 4.69) is 10.3 Å². The fourth-order valence-corrected chi connectivity index (χ4v) is 3.21. The van der Waals surface area contributed by atoms with Crippen LogP contribution in [0, 0.1) is 0 Å². The number of carbonyl (C=O) groups is 1. The Morgan fingerprint density at radius 1 is 1.22 bits per heavy atom.